The van der Waals surface area contributed by atoms with Crippen LogP contribution in [0.25, 0.3) is 0 Å². The molecular weight excluding hydrogens is 290 g/mol. The lowest BCUT2D eigenvalue weighted by Gasteiger charge is -2.27. The predicted octanol–water partition coefficient (Wildman–Crippen LogP) is 3.46. The Labute approximate surface area is 129 Å². The van der Waals surface area contributed by atoms with Gasteiger partial charge < -0.3 is 9.47 Å². The highest BCUT2D eigenvalue weighted by Crippen LogP contribution is 2.28. The molecule has 0 heterocycles. The topological polar surface area (TPSA) is 59.3 Å². The minimum atomic E-state index is -0.122. The second kappa shape index (κ2) is 7.44. The smallest absolute Gasteiger partial charge is 0.308 e. The van der Waals surface area contributed by atoms with E-state index in [1.807, 2.05) is 6.07 Å². The molecule has 0 N–H and O–H groups in total. The summed E-state index contributed by atoms with van der Waals surface area (Å²) in [7, 11) is 1.43. The van der Waals surface area contributed by atoms with Gasteiger partial charge in [-0.05, 0) is 43.4 Å². The Balaban J connectivity index is 1.82. The zero-order valence-corrected chi connectivity index (χ0v) is 12.7. The van der Waals surface area contributed by atoms with E-state index in [4.69, 9.17) is 26.3 Å². The standard InChI is InChI=1S/C16H18ClNO3/c1-20-16(19)12-4-6-14(7-5-12)21-10-13-3-2-11(9-18)8-15(13)17/h2-3,8,12,14H,4-7,10H2,1H3. The molecule has 0 radical (unpaired) electrons. The summed E-state index contributed by atoms with van der Waals surface area (Å²) < 4.78 is 10.6. The lowest BCUT2D eigenvalue weighted by atomic mass is 9.87. The average molecular weight is 308 g/mol. The molecule has 0 unspecified atom stereocenters. The Morgan fingerprint density at radius 1 is 1.38 bits per heavy atom. The number of halogens is 1. The number of nitriles is 1. The molecule has 112 valence electrons. The first-order valence-corrected chi connectivity index (χ1v) is 7.39. The number of carbonyl (C=O) groups is 1. The van der Waals surface area contributed by atoms with Gasteiger partial charge in [-0.15, -0.1) is 0 Å². The normalized spacial score (nSPS) is 21.6. The molecule has 1 aliphatic carbocycles. The third-order valence-corrected chi connectivity index (χ3v) is 4.22. The Kier molecular flexibility index (Phi) is 5.60. The summed E-state index contributed by atoms with van der Waals surface area (Å²) in [5.74, 6) is -0.114. The van der Waals surface area contributed by atoms with Crippen molar-refractivity contribution in [3.63, 3.8) is 0 Å². The highest BCUT2D eigenvalue weighted by atomic mass is 35.5. The maximum atomic E-state index is 11.5. The van der Waals surface area contributed by atoms with E-state index in [1.165, 1.54) is 7.11 Å². The second-order valence-corrected chi connectivity index (χ2v) is 5.63. The van der Waals surface area contributed by atoms with E-state index in [9.17, 15) is 4.79 Å². The van der Waals surface area contributed by atoms with Crippen LogP contribution in [-0.4, -0.2) is 19.2 Å². The maximum absolute atomic E-state index is 11.5. The largest absolute Gasteiger partial charge is 0.469 e. The Morgan fingerprint density at radius 2 is 2.10 bits per heavy atom. The quantitative estimate of drug-likeness (QED) is 0.799. The molecule has 0 bridgehead atoms. The first-order chi connectivity index (χ1) is 10.1. The number of nitrogens with zero attached hydrogens (tertiary/aromatic N) is 1. The zero-order chi connectivity index (χ0) is 15.2. The van der Waals surface area contributed by atoms with Crippen LogP contribution in [0.4, 0.5) is 0 Å². The number of carbonyl (C=O) groups excluding carboxylic acids is 1. The molecule has 1 aliphatic rings. The monoisotopic (exact) mass is 307 g/mol. The lowest BCUT2D eigenvalue weighted by molar-refractivity contribution is -0.147. The van der Waals surface area contributed by atoms with Crippen molar-refractivity contribution < 1.29 is 14.3 Å². The average Bonchev–Trinajstić information content (AvgIpc) is 2.53. The van der Waals surface area contributed by atoms with Crippen molar-refractivity contribution in [3.8, 4) is 6.07 Å². The van der Waals surface area contributed by atoms with Crippen LogP contribution < -0.4 is 0 Å². The highest BCUT2D eigenvalue weighted by Gasteiger charge is 2.27. The molecule has 1 aromatic rings. The van der Waals surface area contributed by atoms with Crippen molar-refractivity contribution in [3.05, 3.63) is 34.3 Å². The molecule has 0 aromatic heterocycles. The minimum Gasteiger partial charge on any atom is -0.469 e. The van der Waals surface area contributed by atoms with Gasteiger partial charge in [0.2, 0.25) is 0 Å². The van der Waals surface area contributed by atoms with E-state index in [1.54, 1.807) is 12.1 Å². The highest BCUT2D eigenvalue weighted by molar-refractivity contribution is 6.31. The van der Waals surface area contributed by atoms with Gasteiger partial charge in [-0.2, -0.15) is 5.26 Å². The van der Waals surface area contributed by atoms with Crippen molar-refractivity contribution in [1.29, 1.82) is 5.26 Å². The number of ether oxygens (including phenoxy) is 2. The minimum absolute atomic E-state index is 0.00773. The Morgan fingerprint density at radius 3 is 2.67 bits per heavy atom. The molecule has 1 aromatic carbocycles. The molecule has 0 aliphatic heterocycles. The van der Waals surface area contributed by atoms with E-state index < -0.39 is 0 Å². The SMILES string of the molecule is COC(=O)C1CCC(OCc2ccc(C#N)cc2Cl)CC1. The second-order valence-electron chi connectivity index (χ2n) is 5.23. The summed E-state index contributed by atoms with van der Waals surface area (Å²) in [6, 6.07) is 7.25. The van der Waals surface area contributed by atoms with Gasteiger partial charge in [0.1, 0.15) is 0 Å². The van der Waals surface area contributed by atoms with Gasteiger partial charge >= 0.3 is 5.97 Å². The summed E-state index contributed by atoms with van der Waals surface area (Å²) in [5, 5.41) is 9.35. The third kappa shape index (κ3) is 4.20. The van der Waals surface area contributed by atoms with Gasteiger partial charge in [-0.3, -0.25) is 4.79 Å². The van der Waals surface area contributed by atoms with E-state index in [0.717, 1.165) is 31.2 Å². The van der Waals surface area contributed by atoms with Crippen LogP contribution in [0.3, 0.4) is 0 Å². The van der Waals surface area contributed by atoms with E-state index in [2.05, 4.69) is 6.07 Å². The fourth-order valence-corrected chi connectivity index (χ4v) is 2.81. The zero-order valence-electron chi connectivity index (χ0n) is 12.0. The number of hydrogen-bond donors (Lipinski definition) is 0. The van der Waals surface area contributed by atoms with Crippen LogP contribution in [0, 0.1) is 17.2 Å². The van der Waals surface area contributed by atoms with E-state index >= 15 is 0 Å². The third-order valence-electron chi connectivity index (χ3n) is 3.87. The molecule has 0 amide bonds. The van der Waals surface area contributed by atoms with Gasteiger partial charge in [0, 0.05) is 5.02 Å². The van der Waals surface area contributed by atoms with Crippen molar-refractivity contribution in [2.45, 2.75) is 38.4 Å². The summed E-state index contributed by atoms with van der Waals surface area (Å²) >= 11 is 6.12. The van der Waals surface area contributed by atoms with Gasteiger partial charge in [-0.25, -0.2) is 0 Å². The van der Waals surface area contributed by atoms with Gasteiger partial charge in [0.15, 0.2) is 0 Å². The molecular formula is C16H18ClNO3. The summed E-state index contributed by atoms with van der Waals surface area (Å²) in [6.07, 6.45) is 3.47. The van der Waals surface area contributed by atoms with Gasteiger partial charge in [-0.1, -0.05) is 17.7 Å². The van der Waals surface area contributed by atoms with Gasteiger partial charge in [0.05, 0.1) is 37.4 Å². The first-order valence-electron chi connectivity index (χ1n) is 7.02. The molecule has 4 nitrogen and oxygen atoms in total. The lowest BCUT2D eigenvalue weighted by Crippen LogP contribution is -2.26. The summed E-state index contributed by atoms with van der Waals surface area (Å²) in [4.78, 5) is 11.5. The molecule has 0 spiro atoms. The fourth-order valence-electron chi connectivity index (χ4n) is 2.57. The van der Waals surface area contributed by atoms with Crippen LogP contribution in [-0.2, 0) is 20.9 Å². The van der Waals surface area contributed by atoms with Crippen molar-refractivity contribution >= 4 is 17.6 Å². The number of esters is 1. The number of methoxy groups -OCH3 is 1. The molecule has 5 heteroatoms. The van der Waals surface area contributed by atoms with Crippen molar-refractivity contribution in [2.24, 2.45) is 5.92 Å². The number of hydrogen-bond acceptors (Lipinski definition) is 4. The van der Waals surface area contributed by atoms with E-state index in [-0.39, 0.29) is 18.0 Å². The number of rotatable bonds is 4. The first kappa shape index (κ1) is 15.8. The molecule has 2 rings (SSSR count). The maximum Gasteiger partial charge on any atom is 0.308 e. The van der Waals surface area contributed by atoms with Crippen LogP contribution in [0.15, 0.2) is 18.2 Å². The van der Waals surface area contributed by atoms with Gasteiger partial charge in [0.25, 0.3) is 0 Å². The van der Waals surface area contributed by atoms with E-state index in [0.29, 0.717) is 17.2 Å². The molecule has 0 saturated heterocycles. The summed E-state index contributed by atoms with van der Waals surface area (Å²) in [6.45, 7) is 0.429. The molecule has 21 heavy (non-hydrogen) atoms. The van der Waals surface area contributed by atoms with Crippen molar-refractivity contribution in [2.75, 3.05) is 7.11 Å². The molecule has 0 atom stereocenters. The van der Waals surface area contributed by atoms with Crippen LogP contribution >= 0.6 is 11.6 Å². The molecule has 1 fully saturated rings. The van der Waals surface area contributed by atoms with Crippen molar-refractivity contribution in [1.82, 2.24) is 0 Å². The fraction of sp³-hybridized carbons (Fsp3) is 0.500. The van der Waals surface area contributed by atoms with Crippen LogP contribution in [0.2, 0.25) is 5.02 Å². The number of benzene rings is 1. The Bertz CT molecular complexity index is 545. The van der Waals surface area contributed by atoms with Crippen LogP contribution in [0.1, 0.15) is 36.8 Å². The van der Waals surface area contributed by atoms with Crippen LogP contribution in [0.5, 0.6) is 0 Å². The molecule has 1 saturated carbocycles. The Hall–Kier alpha value is -1.57. The summed E-state index contributed by atoms with van der Waals surface area (Å²) in [5.41, 5.74) is 1.42. The predicted molar refractivity (Wildman–Crippen MR) is 78.7 cm³/mol.